The topological polar surface area (TPSA) is 87.9 Å². The molecule has 0 bridgehead atoms. The van der Waals surface area contributed by atoms with E-state index in [1.807, 2.05) is 35.3 Å². The minimum Gasteiger partial charge on any atom is -0.299 e. The Balaban J connectivity index is 1.04. The molecule has 1 aliphatic rings. The molecule has 0 atom stereocenters. The zero-order chi connectivity index (χ0) is 26.0. The highest BCUT2D eigenvalue weighted by Crippen LogP contribution is 2.34. The van der Waals surface area contributed by atoms with Gasteiger partial charge in [-0.05, 0) is 55.3 Å². The fourth-order valence-corrected chi connectivity index (χ4v) is 5.35. The predicted octanol–water partition coefficient (Wildman–Crippen LogP) is 5.22. The second-order valence-electron chi connectivity index (χ2n) is 9.87. The number of benzene rings is 2. The number of nitrogens with zero attached hydrogens (tertiary/aromatic N) is 7. The summed E-state index contributed by atoms with van der Waals surface area (Å²) in [5, 5.41) is 7.49. The van der Waals surface area contributed by atoms with Gasteiger partial charge in [-0.25, -0.2) is 15.0 Å². The number of hydrogen-bond acceptors (Lipinski definition) is 6. The van der Waals surface area contributed by atoms with Gasteiger partial charge in [-0.1, -0.05) is 54.6 Å². The van der Waals surface area contributed by atoms with Gasteiger partial charge in [0.05, 0.1) is 11.3 Å². The molecule has 7 rings (SSSR count). The Morgan fingerprint density at radius 1 is 0.923 bits per heavy atom. The zero-order valence-corrected chi connectivity index (χ0v) is 21.3. The molecule has 1 saturated heterocycles. The van der Waals surface area contributed by atoms with Gasteiger partial charge in [0.15, 0.2) is 0 Å². The predicted molar refractivity (Wildman–Crippen MR) is 148 cm³/mol. The number of nitrogens with one attached hydrogen (secondary N) is 1. The van der Waals surface area contributed by atoms with Gasteiger partial charge in [0.1, 0.15) is 23.5 Å². The van der Waals surface area contributed by atoms with E-state index in [1.54, 1.807) is 6.07 Å². The summed E-state index contributed by atoms with van der Waals surface area (Å²) in [7, 11) is 0. The first-order valence-electron chi connectivity index (χ1n) is 13.2. The summed E-state index contributed by atoms with van der Waals surface area (Å²) >= 11 is 0. The normalized spacial score (nSPS) is 14.5. The van der Waals surface area contributed by atoms with Gasteiger partial charge in [0, 0.05) is 36.6 Å². The lowest BCUT2D eigenvalue weighted by Gasteiger charge is -2.31. The van der Waals surface area contributed by atoms with E-state index in [1.165, 1.54) is 5.56 Å². The molecular formula is C31H26N8. The van der Waals surface area contributed by atoms with Gasteiger partial charge in [-0.15, -0.1) is 0 Å². The van der Waals surface area contributed by atoms with Crippen LogP contribution in [0.25, 0.3) is 39.5 Å². The molecule has 1 aliphatic heterocycles. The molecule has 0 amide bonds. The Labute approximate surface area is 226 Å². The Morgan fingerprint density at radius 2 is 1.77 bits per heavy atom. The molecule has 5 heterocycles. The third kappa shape index (κ3) is 4.65. The average Bonchev–Trinajstić information content (AvgIpc) is 3.69. The zero-order valence-electron chi connectivity index (χ0n) is 21.3. The van der Waals surface area contributed by atoms with Crippen molar-refractivity contribution in [2.45, 2.75) is 25.3 Å². The summed E-state index contributed by atoms with van der Waals surface area (Å²) in [4.78, 5) is 20.8. The Hall–Kier alpha value is -4.87. The van der Waals surface area contributed by atoms with Crippen molar-refractivity contribution in [1.82, 2.24) is 39.4 Å². The molecule has 2 aromatic carbocycles. The maximum Gasteiger partial charge on any atom is 0.200 e. The quantitative estimate of drug-likeness (QED) is 0.330. The lowest BCUT2D eigenvalue weighted by Crippen LogP contribution is -2.32. The molecule has 6 aromatic rings. The Bertz CT molecular complexity index is 1680. The SMILES string of the molecule is c1ccc(-c2n[nH]c(C3CCN(Cc4ccc(-c5ncn6ccnc6c5-c5ccccc5)cc4)CC3)n2)nc#1. The number of aromatic amines is 1. The number of aromatic nitrogens is 7. The molecule has 0 aliphatic carbocycles. The molecule has 39 heavy (non-hydrogen) atoms. The first-order valence-corrected chi connectivity index (χ1v) is 13.2. The van der Waals surface area contributed by atoms with Crippen molar-refractivity contribution < 1.29 is 0 Å². The number of imidazole rings is 1. The minimum atomic E-state index is 0.379. The lowest BCUT2D eigenvalue weighted by molar-refractivity contribution is 0.202. The molecule has 4 aromatic heterocycles. The van der Waals surface area contributed by atoms with Gasteiger partial charge in [-0.2, -0.15) is 10.1 Å². The smallest absolute Gasteiger partial charge is 0.200 e. The van der Waals surface area contributed by atoms with E-state index >= 15 is 0 Å². The average molecular weight is 511 g/mol. The van der Waals surface area contributed by atoms with E-state index in [2.05, 4.69) is 85.9 Å². The fourth-order valence-electron chi connectivity index (χ4n) is 5.35. The standard InChI is InChI=1S/C31H26N8/c1-2-6-23(7-3-1)27-28(34-21-39-19-16-33-31(27)39)24-11-9-22(10-12-24)20-38-17-13-25(14-18-38)29-35-30(37-36-29)26-8-4-5-15-32-26/h1-4,6-12,16,19,21,25H,13-14,17-18,20H2,(H,35,36,37). The van der Waals surface area contributed by atoms with E-state index in [0.29, 0.717) is 17.4 Å². The van der Waals surface area contributed by atoms with Crippen molar-refractivity contribution in [3.8, 4) is 33.9 Å². The van der Waals surface area contributed by atoms with Crippen LogP contribution in [-0.2, 0) is 6.54 Å². The highest BCUT2D eigenvalue weighted by atomic mass is 15.2. The summed E-state index contributed by atoms with van der Waals surface area (Å²) in [5.41, 5.74) is 7.12. The van der Waals surface area contributed by atoms with E-state index in [0.717, 1.165) is 66.3 Å². The van der Waals surface area contributed by atoms with Gasteiger partial charge < -0.3 is 0 Å². The summed E-state index contributed by atoms with van der Waals surface area (Å²) in [5.74, 6) is 1.94. The molecule has 1 fully saturated rings. The lowest BCUT2D eigenvalue weighted by atomic mass is 9.95. The van der Waals surface area contributed by atoms with Crippen LogP contribution >= 0.6 is 0 Å². The summed E-state index contributed by atoms with van der Waals surface area (Å²) in [6, 6.07) is 25.6. The van der Waals surface area contributed by atoms with Crippen LogP contribution in [0.3, 0.4) is 0 Å². The number of hydrogen-bond donors (Lipinski definition) is 1. The van der Waals surface area contributed by atoms with Crippen LogP contribution in [0.15, 0.2) is 85.5 Å². The molecule has 0 radical (unpaired) electrons. The molecule has 0 unspecified atom stereocenters. The van der Waals surface area contributed by atoms with Crippen LogP contribution in [0.2, 0.25) is 0 Å². The molecule has 0 saturated carbocycles. The minimum absolute atomic E-state index is 0.379. The van der Waals surface area contributed by atoms with Crippen LogP contribution in [0, 0.1) is 12.3 Å². The van der Waals surface area contributed by atoms with E-state index in [-0.39, 0.29) is 0 Å². The molecule has 190 valence electrons. The second kappa shape index (κ2) is 10.1. The number of likely N-dealkylation sites (tertiary alicyclic amines) is 1. The van der Waals surface area contributed by atoms with Crippen molar-refractivity contribution in [3.05, 3.63) is 109 Å². The largest absolute Gasteiger partial charge is 0.299 e. The van der Waals surface area contributed by atoms with Crippen molar-refractivity contribution in [2.24, 2.45) is 0 Å². The molecular weight excluding hydrogens is 484 g/mol. The van der Waals surface area contributed by atoms with Crippen LogP contribution in [-0.4, -0.2) is 52.5 Å². The Morgan fingerprint density at radius 3 is 2.56 bits per heavy atom. The molecule has 1 N–H and O–H groups in total. The van der Waals surface area contributed by atoms with Crippen LogP contribution in [0.5, 0.6) is 0 Å². The van der Waals surface area contributed by atoms with Gasteiger partial charge in [-0.3, -0.25) is 14.4 Å². The van der Waals surface area contributed by atoms with Crippen molar-refractivity contribution in [3.63, 3.8) is 0 Å². The number of piperidine rings is 1. The van der Waals surface area contributed by atoms with Gasteiger partial charge in [0.25, 0.3) is 0 Å². The van der Waals surface area contributed by atoms with Crippen LogP contribution in [0.4, 0.5) is 0 Å². The first-order chi connectivity index (χ1) is 19.3. The van der Waals surface area contributed by atoms with Crippen molar-refractivity contribution in [2.75, 3.05) is 13.1 Å². The number of fused-ring (bicyclic) bond motifs is 1. The van der Waals surface area contributed by atoms with E-state index < -0.39 is 0 Å². The third-order valence-electron chi connectivity index (χ3n) is 7.41. The maximum atomic E-state index is 4.82. The van der Waals surface area contributed by atoms with Crippen molar-refractivity contribution in [1.29, 1.82) is 0 Å². The summed E-state index contributed by atoms with van der Waals surface area (Å²) in [6.45, 7) is 2.96. The Kier molecular flexibility index (Phi) is 6.04. The van der Waals surface area contributed by atoms with Crippen LogP contribution < -0.4 is 0 Å². The maximum absolute atomic E-state index is 4.82. The molecule has 8 heteroatoms. The summed E-state index contributed by atoms with van der Waals surface area (Å²) < 4.78 is 1.97. The number of H-pyrrole nitrogens is 1. The summed E-state index contributed by atoms with van der Waals surface area (Å²) in [6.07, 6.45) is 10.4. The first kappa shape index (κ1) is 23.3. The molecule has 8 nitrogen and oxygen atoms in total. The van der Waals surface area contributed by atoms with Gasteiger partial charge in [0.2, 0.25) is 5.82 Å². The monoisotopic (exact) mass is 510 g/mol. The van der Waals surface area contributed by atoms with Crippen molar-refractivity contribution >= 4 is 5.65 Å². The second-order valence-corrected chi connectivity index (χ2v) is 9.87. The number of rotatable bonds is 6. The van der Waals surface area contributed by atoms with Crippen LogP contribution in [0.1, 0.15) is 30.1 Å². The molecule has 0 spiro atoms. The van der Waals surface area contributed by atoms with Gasteiger partial charge >= 0.3 is 0 Å². The fraction of sp³-hybridized carbons (Fsp3) is 0.194. The highest BCUT2D eigenvalue weighted by Gasteiger charge is 2.24. The highest BCUT2D eigenvalue weighted by molar-refractivity contribution is 5.89. The third-order valence-corrected chi connectivity index (χ3v) is 7.41. The van der Waals surface area contributed by atoms with E-state index in [9.17, 15) is 0 Å². The van der Waals surface area contributed by atoms with E-state index in [4.69, 9.17) is 9.97 Å².